The van der Waals surface area contributed by atoms with Crippen molar-refractivity contribution in [3.63, 3.8) is 0 Å². The van der Waals surface area contributed by atoms with Gasteiger partial charge in [0, 0.05) is 13.1 Å². The van der Waals surface area contributed by atoms with Crippen LogP contribution in [0.3, 0.4) is 0 Å². The molecule has 0 atom stereocenters. The molecule has 2 heterocycles. The van der Waals surface area contributed by atoms with Crippen LogP contribution in [-0.2, 0) is 34.4 Å². The normalized spacial score (nSPS) is 15.9. The van der Waals surface area contributed by atoms with E-state index in [4.69, 9.17) is 4.74 Å². The van der Waals surface area contributed by atoms with Crippen LogP contribution in [-0.4, -0.2) is 47.6 Å². The molecule has 0 radical (unpaired) electrons. The number of ether oxygens (including phenoxy) is 1. The Morgan fingerprint density at radius 2 is 2.09 bits per heavy atom. The van der Waals surface area contributed by atoms with Crippen molar-refractivity contribution in [1.29, 1.82) is 0 Å². The number of carbonyl (C=O) groups is 1. The second-order valence-electron chi connectivity index (χ2n) is 6.70. The lowest BCUT2D eigenvalue weighted by Gasteiger charge is -2.26. The van der Waals surface area contributed by atoms with Crippen molar-refractivity contribution in [2.75, 3.05) is 12.8 Å². The van der Waals surface area contributed by atoms with Crippen LogP contribution in [0.2, 0.25) is 0 Å². The quantitative estimate of drug-likeness (QED) is 0.885. The molecule has 1 aromatic rings. The molecule has 0 aliphatic carbocycles. The van der Waals surface area contributed by atoms with E-state index in [0.29, 0.717) is 25.3 Å². The van der Waals surface area contributed by atoms with Gasteiger partial charge in [0.05, 0.1) is 30.7 Å². The largest absolute Gasteiger partial charge is 0.444 e. The monoisotopic (exact) mass is 344 g/mol. The van der Waals surface area contributed by atoms with Gasteiger partial charge in [-0.2, -0.15) is 5.10 Å². The summed E-state index contributed by atoms with van der Waals surface area (Å²) >= 11 is 0. The van der Waals surface area contributed by atoms with Crippen LogP contribution >= 0.6 is 0 Å². The highest BCUT2D eigenvalue weighted by Crippen LogP contribution is 2.17. The summed E-state index contributed by atoms with van der Waals surface area (Å²) in [5.74, 6) is 0. The second-order valence-corrected chi connectivity index (χ2v) is 8.53. The molecule has 0 saturated carbocycles. The van der Waals surface area contributed by atoms with Gasteiger partial charge in [-0.1, -0.05) is 0 Å². The summed E-state index contributed by atoms with van der Waals surface area (Å²) in [6, 6.07) is 1.82. The molecule has 0 fully saturated rings. The lowest BCUT2D eigenvalue weighted by molar-refractivity contribution is 0.0236. The van der Waals surface area contributed by atoms with Crippen molar-refractivity contribution in [1.82, 2.24) is 19.4 Å². The van der Waals surface area contributed by atoms with Gasteiger partial charge in [-0.05, 0) is 33.3 Å². The second kappa shape index (κ2) is 6.48. The first-order valence-electron chi connectivity index (χ1n) is 7.52. The zero-order valence-electron chi connectivity index (χ0n) is 14.0. The van der Waals surface area contributed by atoms with E-state index in [1.54, 1.807) is 4.90 Å². The lowest BCUT2D eigenvalue weighted by atomic mass is 10.2. The molecule has 8 nitrogen and oxygen atoms in total. The average molecular weight is 344 g/mol. The Bertz CT molecular complexity index is 675. The third kappa shape index (κ3) is 5.51. The fourth-order valence-electron chi connectivity index (χ4n) is 2.30. The molecule has 0 unspecified atom stereocenters. The van der Waals surface area contributed by atoms with Crippen LogP contribution in [0.1, 0.15) is 38.6 Å². The highest BCUT2D eigenvalue weighted by Gasteiger charge is 2.25. The number of nitrogens with zero attached hydrogens (tertiary/aromatic N) is 3. The predicted octanol–water partition coefficient (Wildman–Crippen LogP) is 1.07. The Balaban J connectivity index is 2.07. The summed E-state index contributed by atoms with van der Waals surface area (Å²) < 4.78 is 32.0. The third-order valence-electron chi connectivity index (χ3n) is 3.23. The number of sulfonamides is 1. The molecule has 23 heavy (non-hydrogen) atoms. The molecule has 130 valence electrons. The number of aryl methyl sites for hydroxylation is 1. The van der Waals surface area contributed by atoms with Gasteiger partial charge in [-0.15, -0.1) is 0 Å². The Kier molecular flexibility index (Phi) is 5.00. The van der Waals surface area contributed by atoms with Gasteiger partial charge >= 0.3 is 6.09 Å². The first kappa shape index (κ1) is 17.7. The minimum absolute atomic E-state index is 0.144. The van der Waals surface area contributed by atoms with E-state index in [1.165, 1.54) is 0 Å². The van der Waals surface area contributed by atoms with Crippen molar-refractivity contribution < 1.29 is 17.9 Å². The summed E-state index contributed by atoms with van der Waals surface area (Å²) in [4.78, 5) is 13.9. The summed E-state index contributed by atoms with van der Waals surface area (Å²) in [5.41, 5.74) is 0.976. The molecule has 9 heteroatoms. The van der Waals surface area contributed by atoms with Gasteiger partial charge in [-0.25, -0.2) is 17.9 Å². The molecule has 1 aliphatic rings. The number of hydrogen-bond donors (Lipinski definition) is 1. The lowest BCUT2D eigenvalue weighted by Crippen LogP contribution is -2.36. The van der Waals surface area contributed by atoms with Gasteiger partial charge < -0.3 is 9.64 Å². The minimum Gasteiger partial charge on any atom is -0.444 e. The smallest absolute Gasteiger partial charge is 0.410 e. The van der Waals surface area contributed by atoms with E-state index in [1.807, 2.05) is 31.5 Å². The van der Waals surface area contributed by atoms with Gasteiger partial charge in [0.2, 0.25) is 10.0 Å². The number of amides is 1. The van der Waals surface area contributed by atoms with Crippen LogP contribution in [0.4, 0.5) is 4.79 Å². The zero-order chi connectivity index (χ0) is 17.3. The maximum Gasteiger partial charge on any atom is 0.410 e. The first-order chi connectivity index (χ1) is 10.5. The molecule has 1 N–H and O–H groups in total. The van der Waals surface area contributed by atoms with Crippen LogP contribution in [0, 0.1) is 0 Å². The van der Waals surface area contributed by atoms with Crippen LogP contribution in [0.5, 0.6) is 0 Å². The SMILES string of the molecule is CC(C)(C)OC(=O)N1CCCn2nc(CNS(C)(=O)=O)cc2C1. The highest BCUT2D eigenvalue weighted by atomic mass is 32.2. The predicted molar refractivity (Wildman–Crippen MR) is 85.2 cm³/mol. The molecule has 1 aliphatic heterocycles. The molecule has 0 saturated heterocycles. The number of hydrogen-bond acceptors (Lipinski definition) is 5. The Morgan fingerprint density at radius 1 is 1.39 bits per heavy atom. The zero-order valence-corrected chi connectivity index (χ0v) is 14.8. The Labute approximate surface area is 136 Å². The van der Waals surface area contributed by atoms with E-state index in [-0.39, 0.29) is 12.6 Å². The van der Waals surface area contributed by atoms with Crippen molar-refractivity contribution in [2.24, 2.45) is 0 Å². The molecule has 2 rings (SSSR count). The molecular formula is C14H24N4O4S. The maximum atomic E-state index is 12.2. The maximum absolute atomic E-state index is 12.2. The van der Waals surface area contributed by atoms with E-state index in [9.17, 15) is 13.2 Å². The van der Waals surface area contributed by atoms with E-state index < -0.39 is 15.6 Å². The van der Waals surface area contributed by atoms with Crippen LogP contribution < -0.4 is 4.72 Å². The molecular weight excluding hydrogens is 320 g/mol. The van der Waals surface area contributed by atoms with Gasteiger partial charge in [0.15, 0.2) is 0 Å². The summed E-state index contributed by atoms with van der Waals surface area (Å²) in [6.07, 6.45) is 1.54. The van der Waals surface area contributed by atoms with Gasteiger partial charge in [0.25, 0.3) is 0 Å². The Morgan fingerprint density at radius 3 is 2.70 bits per heavy atom. The fraction of sp³-hybridized carbons (Fsp3) is 0.714. The molecule has 0 aromatic carbocycles. The van der Waals surface area contributed by atoms with E-state index >= 15 is 0 Å². The number of fused-ring (bicyclic) bond motifs is 1. The van der Waals surface area contributed by atoms with Crippen LogP contribution in [0.15, 0.2) is 6.07 Å². The van der Waals surface area contributed by atoms with Crippen molar-refractivity contribution in [2.45, 2.75) is 52.4 Å². The Hall–Kier alpha value is -1.61. The van der Waals surface area contributed by atoms with Gasteiger partial charge in [-0.3, -0.25) is 4.68 Å². The number of nitrogens with one attached hydrogen (secondary N) is 1. The summed E-state index contributed by atoms with van der Waals surface area (Å²) in [6.45, 7) is 7.35. The molecule has 0 bridgehead atoms. The molecule has 0 spiro atoms. The van der Waals surface area contributed by atoms with E-state index in [0.717, 1.165) is 18.4 Å². The van der Waals surface area contributed by atoms with Crippen molar-refractivity contribution >= 4 is 16.1 Å². The molecule has 1 amide bonds. The fourth-order valence-corrected chi connectivity index (χ4v) is 2.71. The summed E-state index contributed by atoms with van der Waals surface area (Å²) in [5, 5.41) is 4.39. The molecule has 1 aromatic heterocycles. The highest BCUT2D eigenvalue weighted by molar-refractivity contribution is 7.88. The standard InChI is InChI=1S/C14H24N4O4S/c1-14(2,3)22-13(19)17-6-5-7-18-12(10-17)8-11(16-18)9-15-23(4,20)21/h8,15H,5-7,9-10H2,1-4H3. The topological polar surface area (TPSA) is 93.5 Å². The van der Waals surface area contributed by atoms with Gasteiger partial charge in [0.1, 0.15) is 5.60 Å². The number of rotatable bonds is 3. The van der Waals surface area contributed by atoms with Crippen molar-refractivity contribution in [3.05, 3.63) is 17.5 Å². The van der Waals surface area contributed by atoms with E-state index in [2.05, 4.69) is 9.82 Å². The first-order valence-corrected chi connectivity index (χ1v) is 9.41. The third-order valence-corrected chi connectivity index (χ3v) is 3.90. The number of carbonyl (C=O) groups excluding carboxylic acids is 1. The van der Waals surface area contributed by atoms with Crippen LogP contribution in [0.25, 0.3) is 0 Å². The average Bonchev–Trinajstić information content (AvgIpc) is 2.64. The van der Waals surface area contributed by atoms with Crippen molar-refractivity contribution in [3.8, 4) is 0 Å². The minimum atomic E-state index is -3.26. The number of aromatic nitrogens is 2. The summed E-state index contributed by atoms with van der Waals surface area (Å²) in [7, 11) is -3.26.